The molecule has 1 saturated heterocycles. The molecular formula is C26H29N4NaO5S. The Morgan fingerprint density at radius 3 is 2.59 bits per heavy atom. The predicted octanol–water partition coefficient (Wildman–Crippen LogP) is 0.404. The molecule has 11 heteroatoms. The molecule has 0 saturated carbocycles. The number of hydrogen-bond acceptors (Lipinski definition) is 8. The number of piperidine rings is 1. The quantitative estimate of drug-likeness (QED) is 0.311. The predicted molar refractivity (Wildman–Crippen MR) is 135 cm³/mol. The molecule has 1 amide bonds. The van der Waals surface area contributed by atoms with E-state index in [0.29, 0.717) is 24.7 Å². The van der Waals surface area contributed by atoms with Crippen LogP contribution >= 0.6 is 0 Å². The molecule has 2 aromatic carbocycles. The summed E-state index contributed by atoms with van der Waals surface area (Å²) >= 11 is -2.28. The first kappa shape index (κ1) is 29.1. The number of rotatable bonds is 9. The zero-order valence-electron chi connectivity index (χ0n) is 21.3. The van der Waals surface area contributed by atoms with E-state index in [9.17, 15) is 13.6 Å². The van der Waals surface area contributed by atoms with Crippen molar-refractivity contribution in [2.45, 2.75) is 44.2 Å². The molecule has 1 fully saturated rings. The Morgan fingerprint density at radius 1 is 1.19 bits per heavy atom. The summed E-state index contributed by atoms with van der Waals surface area (Å²) in [6.07, 6.45) is 4.86. The molecule has 1 unspecified atom stereocenters. The second-order valence-electron chi connectivity index (χ2n) is 8.49. The van der Waals surface area contributed by atoms with Gasteiger partial charge in [-0.15, -0.1) is 0 Å². The maximum atomic E-state index is 12.6. The van der Waals surface area contributed by atoms with Gasteiger partial charge in [0.2, 0.25) is 5.95 Å². The number of anilines is 1. The first-order valence-electron chi connectivity index (χ1n) is 11.9. The van der Waals surface area contributed by atoms with E-state index in [4.69, 9.17) is 9.47 Å². The molecule has 1 N–H and O–H groups in total. The summed E-state index contributed by atoms with van der Waals surface area (Å²) < 4.78 is 34.1. The van der Waals surface area contributed by atoms with Crippen molar-refractivity contribution in [2.24, 2.45) is 0 Å². The van der Waals surface area contributed by atoms with E-state index in [1.54, 1.807) is 19.1 Å². The van der Waals surface area contributed by atoms with Crippen LogP contribution in [0.2, 0.25) is 0 Å². The number of carbonyl (C=O) groups is 1. The summed E-state index contributed by atoms with van der Waals surface area (Å²) in [7, 11) is 0. The van der Waals surface area contributed by atoms with Crippen molar-refractivity contribution in [3.8, 4) is 11.5 Å². The van der Waals surface area contributed by atoms with E-state index < -0.39 is 11.1 Å². The van der Waals surface area contributed by atoms with Gasteiger partial charge in [0.15, 0.2) is 11.5 Å². The molecule has 3 aromatic rings. The number of hydrogen-bond donors (Lipinski definition) is 1. The van der Waals surface area contributed by atoms with Crippen LogP contribution in [0, 0.1) is 6.92 Å². The van der Waals surface area contributed by atoms with Gasteiger partial charge in [-0.3, -0.25) is 9.00 Å². The number of aromatic nitrogens is 2. The summed E-state index contributed by atoms with van der Waals surface area (Å²) in [6, 6.07) is 12.4. The summed E-state index contributed by atoms with van der Waals surface area (Å²) in [5.41, 5.74) is 1.97. The molecular weight excluding hydrogens is 503 g/mol. The fraction of sp³-hybridized carbons (Fsp3) is 0.346. The van der Waals surface area contributed by atoms with Gasteiger partial charge in [0.05, 0.1) is 18.7 Å². The first-order valence-corrected chi connectivity index (χ1v) is 12.9. The second kappa shape index (κ2) is 13.9. The van der Waals surface area contributed by atoms with E-state index in [2.05, 4.69) is 20.2 Å². The number of nitrogens with one attached hydrogen (secondary N) is 1. The largest absolute Gasteiger partial charge is 1.00 e. The molecule has 0 aliphatic carbocycles. The fourth-order valence-electron chi connectivity index (χ4n) is 4.07. The third-order valence-electron chi connectivity index (χ3n) is 5.95. The minimum atomic E-state index is -2.28. The summed E-state index contributed by atoms with van der Waals surface area (Å²) in [5.74, 6) is 1.71. The number of amides is 1. The molecule has 37 heavy (non-hydrogen) atoms. The van der Waals surface area contributed by atoms with Crippen molar-refractivity contribution in [3.63, 3.8) is 0 Å². The monoisotopic (exact) mass is 532 g/mol. The number of aryl methyl sites for hydroxylation is 1. The SMILES string of the molecule is CCOc1ccccc1O[C@@H]1CCCN(c2ncc(C(=O)NCc3ccc(S(=O)[O-])cc3C)cn2)C1.[Na+]. The molecule has 9 nitrogen and oxygen atoms in total. The van der Waals surface area contributed by atoms with Crippen LogP contribution < -0.4 is 49.2 Å². The Morgan fingerprint density at radius 2 is 1.92 bits per heavy atom. The standard InChI is InChI=1S/C26H30N4O5S.Na/c1-3-34-23-8-4-5-9-24(23)35-21-7-6-12-30(17-21)26-28-15-20(16-29-26)25(31)27-14-19-10-11-22(36(32)33)13-18(19)2;/h4-5,8-11,13,15-16,21H,3,6-7,12,14,17H2,1-2H3,(H,27,31)(H,32,33);/q;+1/p-1/t21-;/m1./s1. The van der Waals surface area contributed by atoms with Gasteiger partial charge in [-0.25, -0.2) is 9.97 Å². The van der Waals surface area contributed by atoms with Gasteiger partial charge in [-0.1, -0.05) is 18.2 Å². The van der Waals surface area contributed by atoms with Crippen LogP contribution in [0.1, 0.15) is 41.3 Å². The Hall–Kier alpha value is -2.50. The van der Waals surface area contributed by atoms with Crippen LogP contribution in [-0.4, -0.2) is 50.4 Å². The Balaban J connectivity index is 0.00000380. The molecule has 190 valence electrons. The minimum absolute atomic E-state index is 0. The van der Waals surface area contributed by atoms with Crippen molar-refractivity contribution in [1.29, 1.82) is 0 Å². The zero-order valence-corrected chi connectivity index (χ0v) is 24.1. The van der Waals surface area contributed by atoms with Crippen molar-refractivity contribution in [2.75, 3.05) is 24.6 Å². The molecule has 0 radical (unpaired) electrons. The molecule has 2 atom stereocenters. The normalized spacial score (nSPS) is 15.9. The minimum Gasteiger partial charge on any atom is -0.768 e. The van der Waals surface area contributed by atoms with Crippen LogP contribution in [0.5, 0.6) is 11.5 Å². The van der Waals surface area contributed by atoms with Gasteiger partial charge in [0.1, 0.15) is 6.10 Å². The summed E-state index contributed by atoms with van der Waals surface area (Å²) in [4.78, 5) is 23.7. The number of nitrogens with zero attached hydrogens (tertiary/aromatic N) is 3. The van der Waals surface area contributed by atoms with Gasteiger partial charge in [-0.05, 0) is 73.2 Å². The van der Waals surface area contributed by atoms with E-state index in [1.807, 2.05) is 31.2 Å². The molecule has 0 spiro atoms. The van der Waals surface area contributed by atoms with Gasteiger partial charge in [0, 0.05) is 30.4 Å². The molecule has 1 aliphatic rings. The smallest absolute Gasteiger partial charge is 0.768 e. The van der Waals surface area contributed by atoms with Crippen molar-refractivity contribution >= 4 is 22.9 Å². The van der Waals surface area contributed by atoms with Gasteiger partial charge >= 0.3 is 29.6 Å². The van der Waals surface area contributed by atoms with Crippen LogP contribution in [0.4, 0.5) is 5.95 Å². The average Bonchev–Trinajstić information content (AvgIpc) is 2.89. The van der Waals surface area contributed by atoms with E-state index in [-0.39, 0.29) is 53.0 Å². The maximum Gasteiger partial charge on any atom is 1.00 e. The molecule has 4 rings (SSSR count). The average molecular weight is 533 g/mol. The van der Waals surface area contributed by atoms with Crippen molar-refractivity contribution < 1.29 is 52.6 Å². The van der Waals surface area contributed by atoms with Crippen molar-refractivity contribution in [3.05, 3.63) is 71.5 Å². The van der Waals surface area contributed by atoms with Gasteiger partial charge in [-0.2, -0.15) is 0 Å². The summed E-state index contributed by atoms with van der Waals surface area (Å²) in [5, 5.41) is 2.84. The van der Waals surface area contributed by atoms with E-state index in [0.717, 1.165) is 42.0 Å². The van der Waals surface area contributed by atoms with E-state index in [1.165, 1.54) is 18.5 Å². The fourth-order valence-corrected chi connectivity index (χ4v) is 4.52. The number of benzene rings is 2. The van der Waals surface area contributed by atoms with Gasteiger partial charge in [0.25, 0.3) is 5.91 Å². The third-order valence-corrected chi connectivity index (χ3v) is 6.59. The van der Waals surface area contributed by atoms with E-state index >= 15 is 0 Å². The van der Waals surface area contributed by atoms with Crippen LogP contribution in [0.3, 0.4) is 0 Å². The molecule has 1 aromatic heterocycles. The van der Waals surface area contributed by atoms with Crippen LogP contribution in [0.25, 0.3) is 0 Å². The zero-order chi connectivity index (χ0) is 25.5. The van der Waals surface area contributed by atoms with Crippen LogP contribution in [0.15, 0.2) is 59.8 Å². The molecule has 2 heterocycles. The Bertz CT molecular complexity index is 1230. The first-order chi connectivity index (χ1) is 17.4. The summed E-state index contributed by atoms with van der Waals surface area (Å²) in [6.45, 7) is 6.03. The topological polar surface area (TPSA) is 117 Å². The maximum absolute atomic E-state index is 12.6. The molecule has 0 bridgehead atoms. The number of ether oxygens (including phenoxy) is 2. The third kappa shape index (κ3) is 7.75. The number of carbonyl (C=O) groups excluding carboxylic acids is 1. The second-order valence-corrected chi connectivity index (χ2v) is 9.43. The Labute approximate surface area is 241 Å². The molecule has 1 aliphatic heterocycles. The van der Waals surface area contributed by atoms with Crippen LogP contribution in [-0.2, 0) is 17.6 Å². The van der Waals surface area contributed by atoms with Crippen molar-refractivity contribution in [1.82, 2.24) is 15.3 Å². The van der Waals surface area contributed by atoms with Gasteiger partial charge < -0.3 is 24.2 Å². The number of para-hydroxylation sites is 2. The Kier molecular flexibility index (Phi) is 10.9.